The van der Waals surface area contributed by atoms with E-state index in [0.29, 0.717) is 5.01 Å². The van der Waals surface area contributed by atoms with Gasteiger partial charge >= 0.3 is 6.18 Å². The van der Waals surface area contributed by atoms with E-state index in [1.165, 1.54) is 7.05 Å². The molecule has 11 heavy (non-hydrogen) atoms. The Labute approximate surface area is 62.2 Å². The standard InChI is InChI=1S/C5H8F3N3/c1-4(5(6,7)8)11(3)10-9-2/h1H2,2-3H3. The van der Waals surface area contributed by atoms with Crippen molar-refractivity contribution in [1.82, 2.24) is 5.01 Å². The van der Waals surface area contributed by atoms with Gasteiger partial charge in [0.1, 0.15) is 5.70 Å². The molecule has 3 nitrogen and oxygen atoms in total. The highest BCUT2D eigenvalue weighted by atomic mass is 19.4. The predicted octanol–water partition coefficient (Wildman–Crippen LogP) is 1.99. The van der Waals surface area contributed by atoms with Crippen LogP contribution in [0.5, 0.6) is 0 Å². The Hall–Kier alpha value is -1.07. The van der Waals surface area contributed by atoms with Gasteiger partial charge in [-0.15, -0.1) is 0 Å². The zero-order valence-electron chi connectivity index (χ0n) is 6.18. The van der Waals surface area contributed by atoms with Gasteiger partial charge in [-0.3, -0.25) is 0 Å². The Balaban J connectivity index is 4.26. The first-order chi connectivity index (χ1) is 4.89. The molecule has 0 spiro atoms. The van der Waals surface area contributed by atoms with Gasteiger partial charge < -0.3 is 0 Å². The Morgan fingerprint density at radius 2 is 1.91 bits per heavy atom. The van der Waals surface area contributed by atoms with E-state index in [9.17, 15) is 13.2 Å². The largest absolute Gasteiger partial charge is 0.432 e. The topological polar surface area (TPSA) is 28.0 Å². The van der Waals surface area contributed by atoms with Crippen LogP contribution in [0.4, 0.5) is 13.2 Å². The fraction of sp³-hybridized carbons (Fsp3) is 0.600. The van der Waals surface area contributed by atoms with E-state index >= 15 is 0 Å². The molecule has 0 bridgehead atoms. The highest BCUT2D eigenvalue weighted by Gasteiger charge is 2.34. The summed E-state index contributed by atoms with van der Waals surface area (Å²) >= 11 is 0. The summed E-state index contributed by atoms with van der Waals surface area (Å²) in [5.41, 5.74) is -1.04. The quantitative estimate of drug-likeness (QED) is 0.456. The molecule has 0 saturated heterocycles. The predicted molar refractivity (Wildman–Crippen MR) is 33.7 cm³/mol. The van der Waals surface area contributed by atoms with Crippen LogP contribution in [0.3, 0.4) is 0 Å². The number of hydrogen-bond acceptors (Lipinski definition) is 2. The summed E-state index contributed by atoms with van der Waals surface area (Å²) in [4.78, 5) is 0. The third-order valence-corrected chi connectivity index (χ3v) is 0.941. The lowest BCUT2D eigenvalue weighted by Gasteiger charge is -2.16. The maximum absolute atomic E-state index is 11.8. The molecule has 0 aliphatic carbocycles. The van der Waals surface area contributed by atoms with Crippen molar-refractivity contribution in [1.29, 1.82) is 0 Å². The van der Waals surface area contributed by atoms with Crippen molar-refractivity contribution in [2.75, 3.05) is 14.1 Å². The van der Waals surface area contributed by atoms with Gasteiger partial charge in [-0.25, -0.2) is 5.01 Å². The summed E-state index contributed by atoms with van der Waals surface area (Å²) in [6.45, 7) is 2.79. The molecule has 6 heteroatoms. The van der Waals surface area contributed by atoms with Crippen molar-refractivity contribution in [3.63, 3.8) is 0 Å². The minimum absolute atomic E-state index is 0.569. The van der Waals surface area contributed by atoms with E-state index in [-0.39, 0.29) is 0 Å². The molecule has 0 amide bonds. The first-order valence-corrected chi connectivity index (χ1v) is 2.69. The summed E-state index contributed by atoms with van der Waals surface area (Å²) < 4.78 is 35.3. The van der Waals surface area contributed by atoms with Crippen LogP contribution in [0.1, 0.15) is 0 Å². The molecule has 64 valence electrons. The maximum Gasteiger partial charge on any atom is 0.432 e. The van der Waals surface area contributed by atoms with Gasteiger partial charge in [-0.1, -0.05) is 11.8 Å². The van der Waals surface area contributed by atoms with E-state index in [1.807, 2.05) is 0 Å². The fourth-order valence-corrected chi connectivity index (χ4v) is 0.372. The van der Waals surface area contributed by atoms with Crippen molar-refractivity contribution in [2.45, 2.75) is 6.18 Å². The minimum Gasteiger partial charge on any atom is -0.246 e. The number of hydrogen-bond donors (Lipinski definition) is 0. The van der Waals surface area contributed by atoms with Crippen molar-refractivity contribution in [3.05, 3.63) is 12.3 Å². The van der Waals surface area contributed by atoms with Crippen LogP contribution in [0.2, 0.25) is 0 Å². The Kier molecular flexibility index (Phi) is 3.03. The van der Waals surface area contributed by atoms with E-state index in [4.69, 9.17) is 0 Å². The molecule has 0 N–H and O–H groups in total. The molecule has 0 aliphatic rings. The molecular weight excluding hydrogens is 159 g/mol. The average molecular weight is 167 g/mol. The highest BCUT2D eigenvalue weighted by Crippen LogP contribution is 2.25. The van der Waals surface area contributed by atoms with Gasteiger partial charge in [0, 0.05) is 7.05 Å². The number of alkyl halides is 3. The number of nitrogens with zero attached hydrogens (tertiary/aromatic N) is 3. The van der Waals surface area contributed by atoms with Gasteiger partial charge in [-0.05, 0) is 0 Å². The van der Waals surface area contributed by atoms with E-state index in [0.717, 1.165) is 7.05 Å². The molecular formula is C5H8F3N3. The Morgan fingerprint density at radius 1 is 1.45 bits per heavy atom. The second kappa shape index (κ2) is 3.36. The lowest BCUT2D eigenvalue weighted by Crippen LogP contribution is -2.23. The lowest BCUT2D eigenvalue weighted by molar-refractivity contribution is -0.109. The zero-order valence-corrected chi connectivity index (χ0v) is 6.18. The molecule has 0 heterocycles. The number of halogens is 3. The highest BCUT2D eigenvalue weighted by molar-refractivity contribution is 4.98. The van der Waals surface area contributed by atoms with Gasteiger partial charge in [0.15, 0.2) is 0 Å². The lowest BCUT2D eigenvalue weighted by atomic mass is 10.5. The maximum atomic E-state index is 11.8. The van der Waals surface area contributed by atoms with Crippen molar-refractivity contribution in [3.8, 4) is 0 Å². The second-order valence-corrected chi connectivity index (χ2v) is 1.76. The Morgan fingerprint density at radius 3 is 2.18 bits per heavy atom. The number of allylic oxidation sites excluding steroid dienone is 1. The first kappa shape index (κ1) is 9.93. The van der Waals surface area contributed by atoms with Crippen molar-refractivity contribution >= 4 is 0 Å². The molecule has 0 saturated carbocycles. The summed E-state index contributed by atoms with van der Waals surface area (Å²) in [6, 6.07) is 0. The van der Waals surface area contributed by atoms with Gasteiger partial charge in [-0.2, -0.15) is 18.3 Å². The third kappa shape index (κ3) is 3.01. The fourth-order valence-electron chi connectivity index (χ4n) is 0.372. The van der Waals surface area contributed by atoms with E-state index in [1.54, 1.807) is 0 Å². The third-order valence-electron chi connectivity index (χ3n) is 0.941. The SMILES string of the molecule is C=C(N(C)N=NC)C(F)(F)F. The second-order valence-electron chi connectivity index (χ2n) is 1.76. The van der Waals surface area contributed by atoms with Crippen LogP contribution >= 0.6 is 0 Å². The van der Waals surface area contributed by atoms with Crippen molar-refractivity contribution in [2.24, 2.45) is 10.3 Å². The van der Waals surface area contributed by atoms with Gasteiger partial charge in [0.25, 0.3) is 0 Å². The Bertz CT molecular complexity index is 172. The van der Waals surface area contributed by atoms with Crippen LogP contribution in [0.25, 0.3) is 0 Å². The first-order valence-electron chi connectivity index (χ1n) is 2.69. The summed E-state index contributed by atoms with van der Waals surface area (Å²) in [5.74, 6) is 0. The molecule has 0 aliphatic heterocycles. The van der Waals surface area contributed by atoms with Crippen molar-refractivity contribution < 1.29 is 13.2 Å². The average Bonchev–Trinajstić information content (AvgIpc) is 1.85. The van der Waals surface area contributed by atoms with E-state index < -0.39 is 11.9 Å². The summed E-state index contributed by atoms with van der Waals surface area (Å²) in [7, 11) is 2.41. The molecule has 0 fully saturated rings. The summed E-state index contributed by atoms with van der Waals surface area (Å²) in [6.07, 6.45) is -4.44. The molecule has 0 atom stereocenters. The minimum atomic E-state index is -4.44. The van der Waals surface area contributed by atoms with E-state index in [2.05, 4.69) is 16.9 Å². The normalized spacial score (nSPS) is 12.1. The summed E-state index contributed by atoms with van der Waals surface area (Å²) in [5, 5.41) is 6.86. The molecule has 0 aromatic carbocycles. The van der Waals surface area contributed by atoms with Crippen LogP contribution < -0.4 is 0 Å². The van der Waals surface area contributed by atoms with Crippen LogP contribution in [0.15, 0.2) is 22.6 Å². The number of rotatable bonds is 2. The smallest absolute Gasteiger partial charge is 0.246 e. The molecule has 0 radical (unpaired) electrons. The monoisotopic (exact) mass is 167 g/mol. The van der Waals surface area contributed by atoms with Crippen LogP contribution in [0, 0.1) is 0 Å². The van der Waals surface area contributed by atoms with Crippen LogP contribution in [-0.4, -0.2) is 25.3 Å². The van der Waals surface area contributed by atoms with Crippen LogP contribution in [-0.2, 0) is 0 Å². The molecule has 0 rings (SSSR count). The zero-order chi connectivity index (χ0) is 9.07. The molecule has 0 aromatic rings. The molecule has 0 unspecified atom stereocenters. The van der Waals surface area contributed by atoms with Gasteiger partial charge in [0.2, 0.25) is 0 Å². The molecule has 0 aromatic heterocycles. The van der Waals surface area contributed by atoms with Gasteiger partial charge in [0.05, 0.1) is 7.05 Å².